The lowest BCUT2D eigenvalue weighted by Crippen LogP contribution is -2.33. The Morgan fingerprint density at radius 2 is 2.10 bits per heavy atom. The van der Waals surface area contributed by atoms with Crippen molar-refractivity contribution in [2.45, 2.75) is 57.7 Å². The van der Waals surface area contributed by atoms with Crippen LogP contribution in [0.5, 0.6) is 5.75 Å². The summed E-state index contributed by atoms with van der Waals surface area (Å²) in [6.45, 7) is 0.348. The Balaban J connectivity index is 1.90. The number of benzene rings is 1. The molecule has 1 aromatic rings. The number of rotatable bonds is 6. The molecule has 1 aliphatic heterocycles. The van der Waals surface area contributed by atoms with E-state index in [-0.39, 0.29) is 11.8 Å². The fraction of sp³-hybridized carbons (Fsp3) is 0.625. The molecule has 0 spiro atoms. The minimum absolute atomic E-state index is 0.197. The second kappa shape index (κ2) is 8.17. The lowest BCUT2D eigenvalue weighted by atomic mass is 10.0. The van der Waals surface area contributed by atoms with Crippen LogP contribution in [0.25, 0.3) is 0 Å². The summed E-state index contributed by atoms with van der Waals surface area (Å²) in [6.07, 6.45) is 5.94. The van der Waals surface area contributed by atoms with Gasteiger partial charge in [0.1, 0.15) is 5.75 Å². The van der Waals surface area contributed by atoms with Gasteiger partial charge < -0.3 is 15.4 Å². The predicted octanol–water partition coefficient (Wildman–Crippen LogP) is 4.01. The lowest BCUT2D eigenvalue weighted by molar-refractivity contribution is -0.0493. The van der Waals surface area contributed by atoms with Gasteiger partial charge in [-0.05, 0) is 44.9 Å². The van der Waals surface area contributed by atoms with E-state index in [2.05, 4.69) is 22.3 Å². The number of alkyl halides is 2. The molecule has 0 aliphatic carbocycles. The minimum Gasteiger partial charge on any atom is -0.433 e. The summed E-state index contributed by atoms with van der Waals surface area (Å²) in [5.41, 5.74) is 0.624. The highest BCUT2D eigenvalue weighted by Crippen LogP contribution is 2.27. The van der Waals surface area contributed by atoms with E-state index < -0.39 is 6.61 Å². The SMILES string of the molecule is CC(CC1CCCCCN1)Nc1ccccc1OC(F)F. The van der Waals surface area contributed by atoms with Crippen LogP contribution in [0.4, 0.5) is 14.5 Å². The van der Waals surface area contributed by atoms with Gasteiger partial charge in [0.15, 0.2) is 0 Å². The normalized spacial score (nSPS) is 20.9. The Labute approximate surface area is 125 Å². The number of nitrogens with one attached hydrogen (secondary N) is 2. The third kappa shape index (κ3) is 5.50. The molecule has 0 bridgehead atoms. The number of halogens is 2. The molecule has 1 aliphatic rings. The molecular formula is C16H24F2N2O. The number of anilines is 1. The van der Waals surface area contributed by atoms with Gasteiger partial charge in [-0.2, -0.15) is 8.78 Å². The standard InChI is InChI=1S/C16H24F2N2O/c1-12(11-13-7-3-2-6-10-19-13)20-14-8-4-5-9-15(14)21-16(17)18/h4-5,8-9,12-13,16,19-20H,2-3,6-7,10-11H2,1H3. The molecule has 118 valence electrons. The van der Waals surface area contributed by atoms with Crippen molar-refractivity contribution < 1.29 is 13.5 Å². The Morgan fingerprint density at radius 3 is 2.90 bits per heavy atom. The van der Waals surface area contributed by atoms with Gasteiger partial charge in [-0.1, -0.05) is 25.0 Å². The van der Waals surface area contributed by atoms with E-state index in [1.165, 1.54) is 25.7 Å². The molecule has 0 radical (unpaired) electrons. The van der Waals surface area contributed by atoms with Crippen molar-refractivity contribution >= 4 is 5.69 Å². The van der Waals surface area contributed by atoms with Crippen molar-refractivity contribution in [2.24, 2.45) is 0 Å². The predicted molar refractivity (Wildman–Crippen MR) is 81.0 cm³/mol. The first-order valence-electron chi connectivity index (χ1n) is 7.69. The molecule has 1 heterocycles. The van der Waals surface area contributed by atoms with Crippen LogP contribution in [0.3, 0.4) is 0 Å². The van der Waals surface area contributed by atoms with Crippen LogP contribution in [0.2, 0.25) is 0 Å². The van der Waals surface area contributed by atoms with Crippen LogP contribution in [0, 0.1) is 0 Å². The van der Waals surface area contributed by atoms with Crippen LogP contribution < -0.4 is 15.4 Å². The third-order valence-corrected chi connectivity index (χ3v) is 3.81. The molecule has 1 aromatic carbocycles. The highest BCUT2D eigenvalue weighted by Gasteiger charge is 2.16. The molecule has 2 N–H and O–H groups in total. The Morgan fingerprint density at radius 1 is 1.29 bits per heavy atom. The van der Waals surface area contributed by atoms with Gasteiger partial charge in [0.2, 0.25) is 0 Å². The van der Waals surface area contributed by atoms with Crippen molar-refractivity contribution in [2.75, 3.05) is 11.9 Å². The van der Waals surface area contributed by atoms with E-state index >= 15 is 0 Å². The first-order valence-corrected chi connectivity index (χ1v) is 7.69. The molecule has 3 nitrogen and oxygen atoms in total. The molecular weight excluding hydrogens is 274 g/mol. The van der Waals surface area contributed by atoms with Gasteiger partial charge in [-0.3, -0.25) is 0 Å². The summed E-state index contributed by atoms with van der Waals surface area (Å²) >= 11 is 0. The molecule has 0 aromatic heterocycles. The maximum Gasteiger partial charge on any atom is 0.387 e. The van der Waals surface area contributed by atoms with Crippen molar-refractivity contribution in [3.05, 3.63) is 24.3 Å². The van der Waals surface area contributed by atoms with Gasteiger partial charge in [-0.25, -0.2) is 0 Å². The summed E-state index contributed by atoms with van der Waals surface area (Å²) in [6, 6.07) is 7.54. The second-order valence-corrected chi connectivity index (χ2v) is 5.66. The van der Waals surface area contributed by atoms with Gasteiger partial charge >= 0.3 is 6.61 Å². The van der Waals surface area contributed by atoms with Crippen molar-refractivity contribution in [1.29, 1.82) is 0 Å². The van der Waals surface area contributed by atoms with Gasteiger partial charge in [-0.15, -0.1) is 0 Å². The highest BCUT2D eigenvalue weighted by molar-refractivity contribution is 5.56. The van der Waals surface area contributed by atoms with E-state index in [9.17, 15) is 8.78 Å². The average Bonchev–Trinajstić information content (AvgIpc) is 2.69. The topological polar surface area (TPSA) is 33.3 Å². The summed E-state index contributed by atoms with van der Waals surface area (Å²) in [7, 11) is 0. The van der Waals surface area contributed by atoms with Crippen LogP contribution in [-0.2, 0) is 0 Å². The fourth-order valence-corrected chi connectivity index (χ4v) is 2.84. The molecule has 5 heteroatoms. The zero-order chi connectivity index (χ0) is 15.1. The molecule has 0 amide bonds. The van der Waals surface area contributed by atoms with Crippen molar-refractivity contribution in [1.82, 2.24) is 5.32 Å². The monoisotopic (exact) mass is 298 g/mol. The van der Waals surface area contributed by atoms with E-state index in [1.807, 2.05) is 6.07 Å². The van der Waals surface area contributed by atoms with E-state index in [0.717, 1.165) is 13.0 Å². The number of hydrogen-bond donors (Lipinski definition) is 2. The average molecular weight is 298 g/mol. The molecule has 21 heavy (non-hydrogen) atoms. The third-order valence-electron chi connectivity index (χ3n) is 3.81. The molecule has 2 unspecified atom stereocenters. The first kappa shape index (κ1) is 16.0. The Kier molecular flexibility index (Phi) is 6.23. The summed E-state index contributed by atoms with van der Waals surface area (Å²) < 4.78 is 29.3. The lowest BCUT2D eigenvalue weighted by Gasteiger charge is -2.23. The molecule has 1 saturated heterocycles. The summed E-state index contributed by atoms with van der Waals surface area (Å²) in [5, 5.41) is 6.84. The van der Waals surface area contributed by atoms with E-state index in [1.54, 1.807) is 18.2 Å². The van der Waals surface area contributed by atoms with Crippen LogP contribution in [0.1, 0.15) is 39.0 Å². The van der Waals surface area contributed by atoms with Gasteiger partial charge in [0, 0.05) is 12.1 Å². The number of hydrogen-bond acceptors (Lipinski definition) is 3. The quantitative estimate of drug-likeness (QED) is 0.832. The highest BCUT2D eigenvalue weighted by atomic mass is 19.3. The maximum absolute atomic E-state index is 12.4. The van der Waals surface area contributed by atoms with Crippen LogP contribution >= 0.6 is 0 Å². The molecule has 1 fully saturated rings. The molecule has 2 rings (SSSR count). The fourth-order valence-electron chi connectivity index (χ4n) is 2.84. The summed E-state index contributed by atoms with van der Waals surface area (Å²) in [4.78, 5) is 0. The maximum atomic E-state index is 12.4. The summed E-state index contributed by atoms with van der Waals surface area (Å²) in [5.74, 6) is 0.202. The largest absolute Gasteiger partial charge is 0.433 e. The molecule has 0 saturated carbocycles. The Bertz CT molecular complexity index is 420. The van der Waals surface area contributed by atoms with Crippen LogP contribution in [-0.4, -0.2) is 25.2 Å². The van der Waals surface area contributed by atoms with Gasteiger partial charge in [0.05, 0.1) is 5.69 Å². The zero-order valence-electron chi connectivity index (χ0n) is 12.4. The zero-order valence-corrected chi connectivity index (χ0v) is 12.4. The van der Waals surface area contributed by atoms with E-state index in [4.69, 9.17) is 0 Å². The molecule has 2 atom stereocenters. The Hall–Kier alpha value is -1.36. The van der Waals surface area contributed by atoms with E-state index in [0.29, 0.717) is 11.7 Å². The van der Waals surface area contributed by atoms with Gasteiger partial charge in [0.25, 0.3) is 0 Å². The second-order valence-electron chi connectivity index (χ2n) is 5.66. The van der Waals surface area contributed by atoms with Crippen molar-refractivity contribution in [3.8, 4) is 5.75 Å². The van der Waals surface area contributed by atoms with Crippen LogP contribution in [0.15, 0.2) is 24.3 Å². The number of para-hydroxylation sites is 2. The minimum atomic E-state index is -2.80. The number of ether oxygens (including phenoxy) is 1. The first-order chi connectivity index (χ1) is 10.1. The smallest absolute Gasteiger partial charge is 0.387 e. The van der Waals surface area contributed by atoms with Crippen molar-refractivity contribution in [3.63, 3.8) is 0 Å².